The van der Waals surface area contributed by atoms with Crippen LogP contribution in [0.4, 0.5) is 11.4 Å². The third-order valence-corrected chi connectivity index (χ3v) is 6.73. The second-order valence-corrected chi connectivity index (χ2v) is 9.48. The highest BCUT2D eigenvalue weighted by molar-refractivity contribution is 5.76. The van der Waals surface area contributed by atoms with Gasteiger partial charge in [-0.3, -0.25) is 9.69 Å². The van der Waals surface area contributed by atoms with Crippen LogP contribution in [0.3, 0.4) is 0 Å². The summed E-state index contributed by atoms with van der Waals surface area (Å²) < 4.78 is 0. The average molecular weight is 376 g/mol. The van der Waals surface area contributed by atoms with Gasteiger partial charge in [0.05, 0.1) is 24.3 Å². The van der Waals surface area contributed by atoms with Crippen LogP contribution in [0.2, 0.25) is 0 Å². The van der Waals surface area contributed by atoms with E-state index in [4.69, 9.17) is 13.1 Å². The predicted molar refractivity (Wildman–Crippen MR) is 111 cm³/mol. The Morgan fingerprint density at radius 2 is 1.10 bits per heavy atom. The lowest BCUT2D eigenvalue weighted by Crippen LogP contribution is -2.27. The average Bonchev–Trinajstić information content (AvgIpc) is 3.04. The van der Waals surface area contributed by atoms with E-state index < -0.39 is 0 Å². The number of fused-ring (bicyclic) bond motifs is 4. The van der Waals surface area contributed by atoms with Crippen molar-refractivity contribution in [1.29, 1.82) is 10.5 Å². The molecule has 0 bridgehead atoms. The number of hydrogen-bond acceptors (Lipinski definition) is 2. The van der Waals surface area contributed by atoms with Crippen LogP contribution in [0.5, 0.6) is 0 Å². The number of benzene rings is 2. The van der Waals surface area contributed by atoms with Crippen LogP contribution < -0.4 is 0 Å². The van der Waals surface area contributed by atoms with Gasteiger partial charge in [-0.1, -0.05) is 45.4 Å². The first-order chi connectivity index (χ1) is 13.6. The maximum atomic E-state index is 9.62. The van der Waals surface area contributed by atoms with Crippen molar-refractivity contribution in [2.75, 3.05) is 0 Å². The molecule has 0 N–H and O–H groups in total. The lowest BCUT2D eigenvalue weighted by atomic mass is 9.72. The molecule has 29 heavy (non-hydrogen) atoms. The third kappa shape index (κ3) is 2.34. The number of nitriles is 2. The van der Waals surface area contributed by atoms with Crippen LogP contribution in [0.15, 0.2) is 24.3 Å². The van der Waals surface area contributed by atoms with Crippen LogP contribution in [-0.4, -0.2) is 0 Å². The number of nitrogens with zero attached hydrogens (tertiary/aromatic N) is 4. The van der Waals surface area contributed by atoms with Crippen LogP contribution in [0.25, 0.3) is 9.69 Å². The van der Waals surface area contributed by atoms with E-state index in [1.54, 1.807) is 0 Å². The molecular formula is C25H20N4. The highest BCUT2D eigenvalue weighted by atomic mass is 14.8. The molecule has 4 rings (SSSR count). The molecule has 0 radical (unpaired) electrons. The summed E-state index contributed by atoms with van der Waals surface area (Å²) in [7, 11) is 0. The molecule has 0 saturated carbocycles. The summed E-state index contributed by atoms with van der Waals surface area (Å²) in [5.74, 6) is 0. The molecule has 2 aromatic carbocycles. The van der Waals surface area contributed by atoms with Gasteiger partial charge >= 0.3 is 0 Å². The molecule has 0 fully saturated rings. The van der Waals surface area contributed by atoms with E-state index in [0.29, 0.717) is 22.5 Å². The van der Waals surface area contributed by atoms with Gasteiger partial charge in [-0.2, -0.15) is 10.5 Å². The van der Waals surface area contributed by atoms with Crippen molar-refractivity contribution in [3.8, 4) is 12.1 Å². The van der Waals surface area contributed by atoms with Gasteiger partial charge in [0.25, 0.3) is 0 Å². The highest BCUT2D eigenvalue weighted by Crippen LogP contribution is 2.64. The molecule has 140 valence electrons. The van der Waals surface area contributed by atoms with Crippen LogP contribution in [0.1, 0.15) is 73.9 Å². The van der Waals surface area contributed by atoms with Gasteiger partial charge in [0.2, 0.25) is 0 Å². The summed E-state index contributed by atoms with van der Waals surface area (Å²) in [6, 6.07) is 11.9. The molecule has 0 aromatic heterocycles. The second-order valence-electron chi connectivity index (χ2n) is 9.48. The molecule has 0 heterocycles. The fourth-order valence-electron chi connectivity index (χ4n) is 5.74. The lowest BCUT2D eigenvalue weighted by molar-refractivity contribution is 0.349. The van der Waals surface area contributed by atoms with Gasteiger partial charge in [-0.15, -0.1) is 0 Å². The zero-order chi connectivity index (χ0) is 21.2. The van der Waals surface area contributed by atoms with E-state index in [0.717, 1.165) is 35.1 Å². The molecule has 4 nitrogen and oxygen atoms in total. The largest absolute Gasteiger partial charge is 0.250 e. The third-order valence-electron chi connectivity index (χ3n) is 6.73. The van der Waals surface area contributed by atoms with Crippen molar-refractivity contribution < 1.29 is 0 Å². The summed E-state index contributed by atoms with van der Waals surface area (Å²) >= 11 is 0. The molecule has 1 unspecified atom stereocenters. The predicted octanol–water partition coefficient (Wildman–Crippen LogP) is 6.18. The minimum absolute atomic E-state index is 0.159. The SMILES string of the molecule is [C-]#[N+]c1cc2c(cc1[N+]#[C-])C1(CC(C)(C)c3cc(C#N)c(C#N)cc31)CC2(C)C. The topological polar surface area (TPSA) is 56.3 Å². The summed E-state index contributed by atoms with van der Waals surface area (Å²) in [5, 5.41) is 19.1. The molecular weight excluding hydrogens is 356 g/mol. The van der Waals surface area contributed by atoms with Crippen molar-refractivity contribution in [2.45, 2.75) is 56.8 Å². The standard InChI is InChI=1S/C25H20N4/c1-23(2)13-25(19-8-16(12-27)15(11-26)7-17(19)23)14-24(3,4)18-9-21(28-5)22(29-6)10-20(18)25/h7-10H,13-14H2,1-4H3. The molecule has 1 atom stereocenters. The van der Waals surface area contributed by atoms with Gasteiger partial charge in [-0.05, 0) is 52.5 Å². The number of hydrogen-bond donors (Lipinski definition) is 0. The Bertz CT molecular complexity index is 1150. The smallest absolute Gasteiger partial charge is 0.194 e. The molecule has 2 aliphatic rings. The molecule has 2 aliphatic carbocycles. The normalized spacial score (nSPS) is 22.1. The Labute approximate surface area is 171 Å². The van der Waals surface area contributed by atoms with Gasteiger partial charge in [0.15, 0.2) is 11.4 Å². The molecule has 4 heteroatoms. The van der Waals surface area contributed by atoms with Gasteiger partial charge < -0.3 is 0 Å². The Kier molecular flexibility index (Phi) is 3.69. The van der Waals surface area contributed by atoms with E-state index in [2.05, 4.69) is 49.5 Å². The Balaban J connectivity index is 2.11. The molecule has 2 aromatic rings. The van der Waals surface area contributed by atoms with Crippen LogP contribution in [-0.2, 0) is 16.2 Å². The maximum absolute atomic E-state index is 9.62. The van der Waals surface area contributed by atoms with E-state index in [9.17, 15) is 10.5 Å². The first-order valence-corrected chi connectivity index (χ1v) is 9.57. The molecule has 0 saturated heterocycles. The fourth-order valence-corrected chi connectivity index (χ4v) is 5.74. The Hall–Kier alpha value is -3.60. The minimum Gasteiger partial charge on any atom is -0.250 e. The molecule has 0 amide bonds. The summed E-state index contributed by atoms with van der Waals surface area (Å²) in [6.45, 7) is 23.8. The monoisotopic (exact) mass is 376 g/mol. The number of rotatable bonds is 0. The van der Waals surface area contributed by atoms with E-state index in [1.165, 1.54) is 0 Å². The van der Waals surface area contributed by atoms with Gasteiger partial charge in [0, 0.05) is 5.41 Å². The van der Waals surface area contributed by atoms with E-state index in [-0.39, 0.29) is 16.2 Å². The first-order valence-electron chi connectivity index (χ1n) is 9.57. The van der Waals surface area contributed by atoms with E-state index in [1.807, 2.05) is 24.3 Å². The van der Waals surface area contributed by atoms with Crippen LogP contribution in [0, 0.1) is 35.8 Å². The van der Waals surface area contributed by atoms with Crippen molar-refractivity contribution in [1.82, 2.24) is 0 Å². The molecule has 1 spiro atoms. The highest BCUT2D eigenvalue weighted by Gasteiger charge is 2.56. The van der Waals surface area contributed by atoms with Gasteiger partial charge in [-0.25, -0.2) is 0 Å². The molecule has 0 aliphatic heterocycles. The zero-order valence-corrected chi connectivity index (χ0v) is 17.0. The lowest BCUT2D eigenvalue weighted by Gasteiger charge is -2.31. The fraction of sp³-hybridized carbons (Fsp3) is 0.360. The Morgan fingerprint density at radius 3 is 1.55 bits per heavy atom. The van der Waals surface area contributed by atoms with E-state index >= 15 is 0 Å². The zero-order valence-electron chi connectivity index (χ0n) is 17.0. The van der Waals surface area contributed by atoms with Crippen LogP contribution >= 0.6 is 0 Å². The van der Waals surface area contributed by atoms with Crippen molar-refractivity contribution >= 4 is 11.4 Å². The van der Waals surface area contributed by atoms with Crippen molar-refractivity contribution in [3.63, 3.8) is 0 Å². The minimum atomic E-state index is -0.322. The van der Waals surface area contributed by atoms with Gasteiger partial charge in [0.1, 0.15) is 12.1 Å². The summed E-state index contributed by atoms with van der Waals surface area (Å²) in [5.41, 5.74) is 5.37. The van der Waals surface area contributed by atoms with Crippen molar-refractivity contribution in [2.24, 2.45) is 0 Å². The maximum Gasteiger partial charge on any atom is 0.194 e. The summed E-state index contributed by atoms with van der Waals surface area (Å²) in [6.07, 6.45) is 1.70. The van der Waals surface area contributed by atoms with Crippen molar-refractivity contribution in [3.05, 3.63) is 80.5 Å². The second kappa shape index (κ2) is 5.70. The quantitative estimate of drug-likeness (QED) is 0.515. The first kappa shape index (κ1) is 18.7. The summed E-state index contributed by atoms with van der Waals surface area (Å²) in [4.78, 5) is 7.19. The Morgan fingerprint density at radius 1 is 0.724 bits per heavy atom.